The van der Waals surface area contributed by atoms with Crippen LogP contribution in [0.5, 0.6) is 0 Å². The summed E-state index contributed by atoms with van der Waals surface area (Å²) in [6.07, 6.45) is -4.53. The van der Waals surface area contributed by atoms with Crippen LogP contribution in [-0.4, -0.2) is 6.03 Å². The number of hydrogen-bond donors (Lipinski definition) is 2. The average Bonchev–Trinajstić information content (AvgIpc) is 2.68. The fourth-order valence-electron chi connectivity index (χ4n) is 2.74. The first kappa shape index (κ1) is 19.8. The number of rotatable bonds is 4. The normalized spacial score (nSPS) is 11.3. The number of benzene rings is 3. The molecule has 0 fully saturated rings. The molecule has 7 heteroatoms. The lowest BCUT2D eigenvalue weighted by atomic mass is 9.99. The third kappa shape index (κ3) is 4.84. The number of carbonyl (C=O) groups is 1. The van der Waals surface area contributed by atoms with Gasteiger partial charge >= 0.3 is 12.2 Å². The van der Waals surface area contributed by atoms with Crippen molar-refractivity contribution in [3.05, 3.63) is 101 Å². The van der Waals surface area contributed by atoms with Crippen molar-refractivity contribution in [2.24, 2.45) is 0 Å². The first-order valence-corrected chi connectivity index (χ1v) is 8.76. The number of hydrogen-bond acceptors (Lipinski definition) is 1. The second-order valence-corrected chi connectivity index (χ2v) is 6.45. The predicted molar refractivity (Wildman–Crippen MR) is 103 cm³/mol. The van der Waals surface area contributed by atoms with Crippen LogP contribution in [0, 0.1) is 0 Å². The van der Waals surface area contributed by atoms with Crippen LogP contribution in [0.3, 0.4) is 0 Å². The highest BCUT2D eigenvalue weighted by Crippen LogP contribution is 2.34. The van der Waals surface area contributed by atoms with Gasteiger partial charge in [-0.05, 0) is 29.3 Å². The molecule has 2 N–H and O–H groups in total. The van der Waals surface area contributed by atoms with E-state index in [0.29, 0.717) is 0 Å². The van der Waals surface area contributed by atoms with Gasteiger partial charge in [0, 0.05) is 0 Å². The van der Waals surface area contributed by atoms with Crippen LogP contribution in [0.4, 0.5) is 23.7 Å². The first-order valence-electron chi connectivity index (χ1n) is 8.39. The van der Waals surface area contributed by atoms with Gasteiger partial charge in [-0.25, -0.2) is 4.79 Å². The summed E-state index contributed by atoms with van der Waals surface area (Å²) >= 11 is 5.95. The Bertz CT molecular complexity index is 907. The summed E-state index contributed by atoms with van der Waals surface area (Å²) < 4.78 is 38.8. The summed E-state index contributed by atoms with van der Waals surface area (Å²) in [6, 6.07) is 20.1. The zero-order valence-corrected chi connectivity index (χ0v) is 15.3. The fraction of sp³-hybridized carbons (Fsp3) is 0.0952. The summed E-state index contributed by atoms with van der Waals surface area (Å²) in [5.74, 6) is 0. The first-order chi connectivity index (χ1) is 13.3. The van der Waals surface area contributed by atoms with Gasteiger partial charge in [0.1, 0.15) is 0 Å². The van der Waals surface area contributed by atoms with E-state index in [1.165, 1.54) is 0 Å². The molecule has 0 aromatic heterocycles. The van der Waals surface area contributed by atoms with Crippen molar-refractivity contribution in [3.63, 3.8) is 0 Å². The van der Waals surface area contributed by atoms with Crippen molar-refractivity contribution < 1.29 is 18.0 Å². The predicted octanol–water partition coefficient (Wildman–Crippen LogP) is 6.27. The van der Waals surface area contributed by atoms with E-state index in [-0.39, 0.29) is 10.7 Å². The Morgan fingerprint density at radius 2 is 1.39 bits per heavy atom. The molecule has 28 heavy (non-hydrogen) atoms. The lowest BCUT2D eigenvalue weighted by molar-refractivity contribution is -0.137. The highest BCUT2D eigenvalue weighted by Gasteiger charge is 2.31. The van der Waals surface area contributed by atoms with Gasteiger partial charge in [-0.2, -0.15) is 13.2 Å². The van der Waals surface area contributed by atoms with Gasteiger partial charge in [0.15, 0.2) is 0 Å². The fourth-order valence-corrected chi connectivity index (χ4v) is 2.90. The molecule has 0 unspecified atom stereocenters. The van der Waals surface area contributed by atoms with Gasteiger partial charge in [0.2, 0.25) is 0 Å². The Kier molecular flexibility index (Phi) is 5.90. The van der Waals surface area contributed by atoms with Crippen molar-refractivity contribution in [1.29, 1.82) is 0 Å². The van der Waals surface area contributed by atoms with Crippen LogP contribution >= 0.6 is 11.6 Å². The lowest BCUT2D eigenvalue weighted by Crippen LogP contribution is -2.33. The van der Waals surface area contributed by atoms with Crippen LogP contribution in [0.2, 0.25) is 5.02 Å². The van der Waals surface area contributed by atoms with Crippen LogP contribution < -0.4 is 10.6 Å². The molecule has 0 spiro atoms. The number of urea groups is 1. The lowest BCUT2D eigenvalue weighted by Gasteiger charge is -2.20. The van der Waals surface area contributed by atoms with E-state index in [1.54, 1.807) is 0 Å². The second-order valence-electron chi connectivity index (χ2n) is 6.05. The van der Waals surface area contributed by atoms with Crippen LogP contribution in [0.1, 0.15) is 22.7 Å². The number of halogens is 4. The maximum atomic E-state index is 12.9. The Labute approximate surface area is 165 Å². The minimum absolute atomic E-state index is 0.0131. The van der Waals surface area contributed by atoms with E-state index in [0.717, 1.165) is 29.3 Å². The Morgan fingerprint density at radius 3 is 1.89 bits per heavy atom. The average molecular weight is 405 g/mol. The molecule has 0 aliphatic heterocycles. The smallest absolute Gasteiger partial charge is 0.327 e. The van der Waals surface area contributed by atoms with Crippen molar-refractivity contribution in [2.45, 2.75) is 12.2 Å². The number of amides is 2. The molecule has 0 saturated carbocycles. The molecule has 144 valence electrons. The molecule has 3 rings (SSSR count). The molecule has 3 aromatic carbocycles. The maximum absolute atomic E-state index is 12.9. The highest BCUT2D eigenvalue weighted by atomic mass is 35.5. The highest BCUT2D eigenvalue weighted by molar-refractivity contribution is 6.33. The summed E-state index contributed by atoms with van der Waals surface area (Å²) in [4.78, 5) is 12.5. The standard InChI is InChI=1S/C21H16ClF3N2O/c22-17-12-11-16(21(23,24)25)13-18(17)26-20(28)27-19(14-7-3-1-4-8-14)15-9-5-2-6-10-15/h1-13,19H,(H2,26,27,28). The van der Waals surface area contributed by atoms with E-state index in [1.807, 2.05) is 60.7 Å². The molecule has 0 aliphatic rings. The molecular weight excluding hydrogens is 389 g/mol. The molecular formula is C21H16ClF3N2O. The maximum Gasteiger partial charge on any atom is 0.416 e. The summed E-state index contributed by atoms with van der Waals surface area (Å²) in [5.41, 5.74) is 0.654. The molecule has 0 heterocycles. The summed E-state index contributed by atoms with van der Waals surface area (Å²) in [5, 5.41) is 5.22. The van der Waals surface area contributed by atoms with E-state index in [9.17, 15) is 18.0 Å². The Morgan fingerprint density at radius 1 is 0.857 bits per heavy atom. The third-order valence-corrected chi connectivity index (χ3v) is 4.41. The van der Waals surface area contributed by atoms with Crippen molar-refractivity contribution in [3.8, 4) is 0 Å². The third-order valence-electron chi connectivity index (χ3n) is 4.08. The number of anilines is 1. The van der Waals surface area contributed by atoms with Gasteiger partial charge in [0.05, 0.1) is 22.3 Å². The molecule has 2 amide bonds. The monoisotopic (exact) mass is 404 g/mol. The van der Waals surface area contributed by atoms with E-state index in [4.69, 9.17) is 11.6 Å². The van der Waals surface area contributed by atoms with Crippen molar-refractivity contribution in [1.82, 2.24) is 5.32 Å². The Hall–Kier alpha value is -2.99. The second kappa shape index (κ2) is 8.35. The molecule has 3 nitrogen and oxygen atoms in total. The summed E-state index contributed by atoms with van der Waals surface area (Å²) in [7, 11) is 0. The minimum Gasteiger partial charge on any atom is -0.327 e. The number of carbonyl (C=O) groups excluding carboxylic acids is 1. The molecule has 3 aromatic rings. The number of nitrogens with one attached hydrogen (secondary N) is 2. The molecule has 0 radical (unpaired) electrons. The molecule has 0 aliphatic carbocycles. The van der Waals surface area contributed by atoms with Gasteiger partial charge in [-0.3, -0.25) is 0 Å². The van der Waals surface area contributed by atoms with Crippen LogP contribution in [0.25, 0.3) is 0 Å². The van der Waals surface area contributed by atoms with Gasteiger partial charge < -0.3 is 10.6 Å². The quantitative estimate of drug-likeness (QED) is 0.528. The number of alkyl halides is 3. The van der Waals surface area contributed by atoms with Gasteiger partial charge in [-0.15, -0.1) is 0 Å². The molecule has 0 atom stereocenters. The molecule has 0 saturated heterocycles. The van der Waals surface area contributed by atoms with E-state index < -0.39 is 23.8 Å². The van der Waals surface area contributed by atoms with Gasteiger partial charge in [-0.1, -0.05) is 72.3 Å². The van der Waals surface area contributed by atoms with Gasteiger partial charge in [0.25, 0.3) is 0 Å². The molecule has 0 bridgehead atoms. The zero-order valence-electron chi connectivity index (χ0n) is 14.5. The topological polar surface area (TPSA) is 41.1 Å². The van der Waals surface area contributed by atoms with E-state index >= 15 is 0 Å². The SMILES string of the molecule is O=C(Nc1cc(C(F)(F)F)ccc1Cl)NC(c1ccccc1)c1ccccc1. The van der Waals surface area contributed by atoms with Crippen molar-refractivity contribution in [2.75, 3.05) is 5.32 Å². The minimum atomic E-state index is -4.53. The summed E-state index contributed by atoms with van der Waals surface area (Å²) in [6.45, 7) is 0. The van der Waals surface area contributed by atoms with Crippen LogP contribution in [-0.2, 0) is 6.18 Å². The Balaban J connectivity index is 1.84. The van der Waals surface area contributed by atoms with Crippen molar-refractivity contribution >= 4 is 23.3 Å². The largest absolute Gasteiger partial charge is 0.416 e. The zero-order chi connectivity index (χ0) is 20.1. The van der Waals surface area contributed by atoms with Crippen LogP contribution in [0.15, 0.2) is 78.9 Å². The van der Waals surface area contributed by atoms with E-state index in [2.05, 4.69) is 10.6 Å².